The minimum absolute atomic E-state index is 0.0449. The van der Waals surface area contributed by atoms with Gasteiger partial charge in [-0.2, -0.15) is 0 Å². The summed E-state index contributed by atoms with van der Waals surface area (Å²) in [5.74, 6) is 0.712. The minimum atomic E-state index is -3.62. The molecule has 2 aromatic heterocycles. The van der Waals surface area contributed by atoms with Crippen LogP contribution in [-0.2, 0) is 10.0 Å². The number of nitrogens with one attached hydrogen (secondary N) is 1. The van der Waals surface area contributed by atoms with Crippen molar-refractivity contribution in [1.82, 2.24) is 24.2 Å². The fourth-order valence-corrected chi connectivity index (χ4v) is 4.25. The fraction of sp³-hybridized carbons (Fsp3) is 0.588. The fourth-order valence-electron chi connectivity index (χ4n) is 3.01. The van der Waals surface area contributed by atoms with Crippen LogP contribution >= 0.6 is 0 Å². The van der Waals surface area contributed by atoms with Crippen LogP contribution in [0, 0.1) is 0 Å². The Morgan fingerprint density at radius 2 is 1.78 bits per heavy atom. The number of hydrogen-bond acceptors (Lipinski definition) is 7. The third kappa shape index (κ3) is 4.75. The second-order valence-electron chi connectivity index (χ2n) is 6.84. The Kier molecular flexibility index (Phi) is 5.95. The van der Waals surface area contributed by atoms with Gasteiger partial charge in [0.1, 0.15) is 6.10 Å². The van der Waals surface area contributed by atoms with Gasteiger partial charge < -0.3 is 14.0 Å². The lowest BCUT2D eigenvalue weighted by atomic mass is 9.94. The van der Waals surface area contributed by atoms with Crippen LogP contribution < -0.4 is 14.2 Å². The van der Waals surface area contributed by atoms with Crippen molar-refractivity contribution in [2.24, 2.45) is 0 Å². The monoisotopic (exact) mass is 395 g/mol. The molecule has 0 radical (unpaired) electrons. The van der Waals surface area contributed by atoms with Gasteiger partial charge in [0.05, 0.1) is 13.4 Å². The van der Waals surface area contributed by atoms with Gasteiger partial charge in [-0.05, 0) is 39.5 Å². The maximum atomic E-state index is 12.5. The summed E-state index contributed by atoms with van der Waals surface area (Å²) in [6.45, 7) is 3.94. The molecule has 3 rings (SSSR count). The quantitative estimate of drug-likeness (QED) is 0.763. The van der Waals surface area contributed by atoms with Crippen LogP contribution in [-0.4, -0.2) is 47.2 Å². The lowest BCUT2D eigenvalue weighted by Gasteiger charge is -2.28. The predicted molar refractivity (Wildman–Crippen MR) is 98.2 cm³/mol. The zero-order valence-corrected chi connectivity index (χ0v) is 16.5. The number of nitrogens with zero attached hydrogens (tertiary/aromatic N) is 4. The molecule has 2 aromatic rings. The molecular weight excluding hydrogens is 370 g/mol. The molecule has 27 heavy (non-hydrogen) atoms. The largest absolute Gasteiger partial charge is 0.477 e. The second-order valence-corrected chi connectivity index (χ2v) is 8.50. The van der Waals surface area contributed by atoms with E-state index < -0.39 is 10.0 Å². The first-order valence-electron chi connectivity index (χ1n) is 8.96. The van der Waals surface area contributed by atoms with Crippen molar-refractivity contribution in [2.45, 2.75) is 62.7 Å². The zero-order chi connectivity index (χ0) is 19.4. The number of ether oxygens (including phenoxy) is 2. The smallest absolute Gasteiger partial charge is 0.278 e. The Hall–Kier alpha value is -2.20. The highest BCUT2D eigenvalue weighted by Crippen LogP contribution is 2.27. The molecule has 0 aliphatic heterocycles. The van der Waals surface area contributed by atoms with E-state index in [1.165, 1.54) is 19.6 Å². The van der Waals surface area contributed by atoms with Crippen LogP contribution in [0.3, 0.4) is 0 Å². The van der Waals surface area contributed by atoms with E-state index in [-0.39, 0.29) is 23.2 Å². The SMILES string of the molecule is COc1nccnc1OC1CCC(NS(=O)(=O)c2cn(C(C)C)cn2)CC1. The van der Waals surface area contributed by atoms with Crippen molar-refractivity contribution >= 4 is 10.0 Å². The van der Waals surface area contributed by atoms with E-state index in [2.05, 4.69) is 19.7 Å². The van der Waals surface area contributed by atoms with Crippen LogP contribution in [0.25, 0.3) is 0 Å². The molecule has 10 heteroatoms. The third-order valence-electron chi connectivity index (χ3n) is 4.55. The van der Waals surface area contributed by atoms with E-state index in [9.17, 15) is 8.42 Å². The van der Waals surface area contributed by atoms with Gasteiger partial charge in [-0.25, -0.2) is 28.1 Å². The summed E-state index contributed by atoms with van der Waals surface area (Å²) in [5, 5.41) is 0.0545. The van der Waals surface area contributed by atoms with Crippen molar-refractivity contribution in [3.63, 3.8) is 0 Å². The Morgan fingerprint density at radius 1 is 1.11 bits per heavy atom. The molecule has 0 saturated heterocycles. The van der Waals surface area contributed by atoms with Crippen LogP contribution in [0.2, 0.25) is 0 Å². The van der Waals surface area contributed by atoms with Crippen molar-refractivity contribution < 1.29 is 17.9 Å². The highest BCUT2D eigenvalue weighted by Gasteiger charge is 2.28. The molecule has 0 aromatic carbocycles. The Balaban J connectivity index is 1.55. The number of aromatic nitrogens is 4. The number of sulfonamides is 1. The maximum absolute atomic E-state index is 12.5. The number of hydrogen-bond donors (Lipinski definition) is 1. The molecule has 0 amide bonds. The van der Waals surface area contributed by atoms with Crippen LogP contribution in [0.1, 0.15) is 45.6 Å². The van der Waals surface area contributed by atoms with Crippen molar-refractivity contribution in [1.29, 1.82) is 0 Å². The lowest BCUT2D eigenvalue weighted by Crippen LogP contribution is -2.39. The average Bonchev–Trinajstić information content (AvgIpc) is 3.15. The topological polar surface area (TPSA) is 108 Å². The van der Waals surface area contributed by atoms with Gasteiger partial charge in [0.15, 0.2) is 5.03 Å². The van der Waals surface area contributed by atoms with E-state index in [1.807, 2.05) is 13.8 Å². The Bertz CT molecular complexity index is 860. The molecule has 1 N–H and O–H groups in total. The molecule has 0 atom stereocenters. The van der Waals surface area contributed by atoms with E-state index in [0.717, 1.165) is 0 Å². The van der Waals surface area contributed by atoms with Gasteiger partial charge in [-0.3, -0.25) is 0 Å². The molecule has 0 spiro atoms. The van der Waals surface area contributed by atoms with Gasteiger partial charge >= 0.3 is 0 Å². The number of methoxy groups -OCH3 is 1. The Labute approximate surface area is 159 Å². The van der Waals surface area contributed by atoms with Crippen LogP contribution in [0.5, 0.6) is 11.8 Å². The Morgan fingerprint density at radius 3 is 2.37 bits per heavy atom. The van der Waals surface area contributed by atoms with Gasteiger partial charge in [-0.1, -0.05) is 0 Å². The van der Waals surface area contributed by atoms with E-state index in [0.29, 0.717) is 37.4 Å². The highest BCUT2D eigenvalue weighted by atomic mass is 32.2. The molecule has 0 unspecified atom stereocenters. The summed E-state index contributed by atoms with van der Waals surface area (Å²) >= 11 is 0. The predicted octanol–water partition coefficient (Wildman–Crippen LogP) is 1.93. The lowest BCUT2D eigenvalue weighted by molar-refractivity contribution is 0.132. The standard InChI is InChI=1S/C17H25N5O4S/c1-12(2)22-10-15(20-11-22)27(23,24)21-13-4-6-14(7-5-13)26-17-16(25-3)18-8-9-19-17/h8-14,21H,4-7H2,1-3H3. The van der Waals surface area contributed by atoms with Crippen molar-refractivity contribution in [3.8, 4) is 11.8 Å². The summed E-state index contributed by atoms with van der Waals surface area (Å²) in [5.41, 5.74) is 0. The number of imidazole rings is 1. The first-order chi connectivity index (χ1) is 12.9. The molecule has 2 heterocycles. The molecule has 9 nitrogen and oxygen atoms in total. The minimum Gasteiger partial charge on any atom is -0.477 e. The third-order valence-corrected chi connectivity index (χ3v) is 5.96. The van der Waals surface area contributed by atoms with E-state index in [4.69, 9.17) is 9.47 Å². The first-order valence-corrected chi connectivity index (χ1v) is 10.4. The van der Waals surface area contributed by atoms with E-state index in [1.54, 1.807) is 17.0 Å². The maximum Gasteiger partial charge on any atom is 0.278 e. The molecule has 1 saturated carbocycles. The molecule has 1 fully saturated rings. The van der Waals surface area contributed by atoms with Crippen LogP contribution in [0.15, 0.2) is 29.9 Å². The summed E-state index contributed by atoms with van der Waals surface area (Å²) in [7, 11) is -2.11. The first kappa shape index (κ1) is 19.6. The molecule has 1 aliphatic rings. The summed E-state index contributed by atoms with van der Waals surface area (Å²) in [6.07, 6.45) is 8.93. The highest BCUT2D eigenvalue weighted by molar-refractivity contribution is 7.89. The molecule has 1 aliphatic carbocycles. The molecular formula is C17H25N5O4S. The zero-order valence-electron chi connectivity index (χ0n) is 15.7. The summed E-state index contributed by atoms with van der Waals surface area (Å²) < 4.78 is 40.6. The normalized spacial score (nSPS) is 20.6. The van der Waals surface area contributed by atoms with Crippen LogP contribution in [0.4, 0.5) is 0 Å². The summed E-state index contributed by atoms with van der Waals surface area (Å²) in [6, 6.07) is 0.0231. The van der Waals surface area contributed by atoms with Crippen molar-refractivity contribution in [2.75, 3.05) is 7.11 Å². The number of rotatable bonds is 7. The van der Waals surface area contributed by atoms with Gasteiger partial charge in [0.2, 0.25) is 0 Å². The van der Waals surface area contributed by atoms with Gasteiger partial charge in [-0.15, -0.1) is 0 Å². The molecule has 148 valence electrons. The van der Waals surface area contributed by atoms with Crippen molar-refractivity contribution in [3.05, 3.63) is 24.9 Å². The second kappa shape index (κ2) is 8.22. The summed E-state index contributed by atoms with van der Waals surface area (Å²) in [4.78, 5) is 12.2. The van der Waals surface area contributed by atoms with Gasteiger partial charge in [0, 0.05) is 30.7 Å². The molecule has 0 bridgehead atoms. The van der Waals surface area contributed by atoms with E-state index >= 15 is 0 Å². The van der Waals surface area contributed by atoms with Gasteiger partial charge in [0.25, 0.3) is 21.8 Å². The average molecular weight is 395 g/mol.